The summed E-state index contributed by atoms with van der Waals surface area (Å²) in [5.74, 6) is 0.425. The number of hydrogen-bond donors (Lipinski definition) is 0. The molecule has 3 heterocycles. The monoisotopic (exact) mass is 206 g/mol. The first-order valence-electron chi connectivity index (χ1n) is 4.17. The van der Waals surface area contributed by atoms with E-state index < -0.39 is 10.1 Å². The molecule has 3 rings (SSSR count). The van der Waals surface area contributed by atoms with Crippen molar-refractivity contribution in [3.8, 4) is 0 Å². The van der Waals surface area contributed by atoms with Gasteiger partial charge in [0.15, 0.2) is 0 Å². The van der Waals surface area contributed by atoms with E-state index in [0.717, 1.165) is 6.42 Å². The van der Waals surface area contributed by atoms with Gasteiger partial charge in [-0.1, -0.05) is 6.92 Å². The van der Waals surface area contributed by atoms with Crippen molar-refractivity contribution in [1.29, 1.82) is 0 Å². The highest BCUT2D eigenvalue weighted by Crippen LogP contribution is 2.57. The van der Waals surface area contributed by atoms with E-state index in [-0.39, 0.29) is 16.6 Å². The maximum atomic E-state index is 11.4. The van der Waals surface area contributed by atoms with Crippen LogP contribution in [0.1, 0.15) is 13.3 Å². The molecule has 3 fully saturated rings. The Balaban J connectivity index is 2.11. The van der Waals surface area contributed by atoms with E-state index >= 15 is 0 Å². The highest BCUT2D eigenvalue weighted by atomic mass is 32.2. The Morgan fingerprint density at radius 1 is 1.50 bits per heavy atom. The third-order valence-electron chi connectivity index (χ3n) is 3.21. The summed E-state index contributed by atoms with van der Waals surface area (Å²) in [6.07, 6.45) is 0.804. The summed E-state index contributed by atoms with van der Waals surface area (Å²) in [4.78, 5) is 0. The molecule has 12 heavy (non-hydrogen) atoms. The topological polar surface area (TPSA) is 43.4 Å². The lowest BCUT2D eigenvalue weighted by molar-refractivity contribution is 0.175. The van der Waals surface area contributed by atoms with Crippen molar-refractivity contribution >= 4 is 21.9 Å². The smallest absolute Gasteiger partial charge is 0.265 e. The Kier molecular flexibility index (Phi) is 1.28. The van der Waals surface area contributed by atoms with Crippen molar-refractivity contribution in [2.45, 2.75) is 35.2 Å². The summed E-state index contributed by atoms with van der Waals surface area (Å²) in [6, 6.07) is 0. The Morgan fingerprint density at radius 3 is 2.83 bits per heavy atom. The van der Waals surface area contributed by atoms with Gasteiger partial charge < -0.3 is 0 Å². The van der Waals surface area contributed by atoms with E-state index in [2.05, 4.69) is 6.92 Å². The van der Waals surface area contributed by atoms with Crippen LogP contribution < -0.4 is 0 Å². The van der Waals surface area contributed by atoms with E-state index in [1.807, 2.05) is 11.8 Å². The van der Waals surface area contributed by atoms with Crippen LogP contribution in [-0.4, -0.2) is 30.3 Å². The molecule has 0 aromatic carbocycles. The third-order valence-corrected chi connectivity index (χ3v) is 6.98. The number of hydrogen-bond acceptors (Lipinski definition) is 4. The molecule has 3 aliphatic rings. The van der Waals surface area contributed by atoms with Crippen LogP contribution >= 0.6 is 11.8 Å². The average molecular weight is 206 g/mol. The van der Waals surface area contributed by atoms with Crippen LogP contribution in [0.4, 0.5) is 0 Å². The van der Waals surface area contributed by atoms with Crippen molar-refractivity contribution in [2.75, 3.05) is 0 Å². The first-order chi connectivity index (χ1) is 5.59. The fourth-order valence-electron chi connectivity index (χ4n) is 2.50. The second kappa shape index (κ2) is 2.01. The fourth-order valence-corrected chi connectivity index (χ4v) is 6.83. The van der Waals surface area contributed by atoms with Crippen LogP contribution in [0.3, 0.4) is 0 Å². The first kappa shape index (κ1) is 7.64. The molecule has 0 spiro atoms. The first-order valence-corrected chi connectivity index (χ1v) is 6.58. The van der Waals surface area contributed by atoms with Gasteiger partial charge in [0.05, 0.1) is 11.4 Å². The van der Waals surface area contributed by atoms with E-state index in [1.165, 1.54) is 0 Å². The van der Waals surface area contributed by atoms with Gasteiger partial charge in [-0.05, 0) is 12.3 Å². The highest BCUT2D eigenvalue weighted by molar-refractivity contribution is 8.03. The maximum Gasteiger partial charge on any atom is 0.271 e. The predicted octanol–water partition coefficient (Wildman–Crippen LogP) is 0.607. The van der Waals surface area contributed by atoms with Crippen LogP contribution in [0, 0.1) is 5.92 Å². The Bertz CT molecular complexity index is 324. The summed E-state index contributed by atoms with van der Waals surface area (Å²) < 4.78 is 27.9. The second-order valence-corrected chi connectivity index (χ2v) is 7.03. The number of thioether (sulfide) groups is 1. The molecule has 3 nitrogen and oxygen atoms in total. The molecule has 5 heteroatoms. The van der Waals surface area contributed by atoms with Gasteiger partial charge in [-0.2, -0.15) is 20.2 Å². The summed E-state index contributed by atoms with van der Waals surface area (Å²) >= 11 is 1.82. The summed E-state index contributed by atoms with van der Waals surface area (Å²) in [5, 5.41) is 0.589. The van der Waals surface area contributed by atoms with Crippen LogP contribution in [0.5, 0.6) is 0 Å². The second-order valence-electron chi connectivity index (χ2n) is 3.83. The maximum absolute atomic E-state index is 11.4. The van der Waals surface area contributed by atoms with Crippen LogP contribution in [-0.2, 0) is 14.3 Å². The van der Waals surface area contributed by atoms with Crippen molar-refractivity contribution in [3.05, 3.63) is 0 Å². The number of rotatable bonds is 0. The van der Waals surface area contributed by atoms with Gasteiger partial charge in [-0.3, -0.25) is 4.18 Å². The van der Waals surface area contributed by atoms with E-state index in [9.17, 15) is 8.42 Å². The predicted molar refractivity (Wildman–Crippen MR) is 46.5 cm³/mol. The van der Waals surface area contributed by atoms with Crippen molar-refractivity contribution in [2.24, 2.45) is 5.92 Å². The van der Waals surface area contributed by atoms with Gasteiger partial charge in [-0.15, -0.1) is 0 Å². The SMILES string of the molecule is CC1C2CC3C(S2)C1OS3(=O)=O. The van der Waals surface area contributed by atoms with E-state index in [1.54, 1.807) is 0 Å². The molecular weight excluding hydrogens is 196 g/mol. The Hall–Kier alpha value is 0.260. The normalized spacial score (nSPS) is 59.6. The zero-order chi connectivity index (χ0) is 8.51. The van der Waals surface area contributed by atoms with Crippen LogP contribution in [0.15, 0.2) is 0 Å². The van der Waals surface area contributed by atoms with Gasteiger partial charge in [0.25, 0.3) is 10.1 Å². The minimum Gasteiger partial charge on any atom is -0.265 e. The summed E-state index contributed by atoms with van der Waals surface area (Å²) in [7, 11) is -3.19. The zero-order valence-corrected chi connectivity index (χ0v) is 8.27. The molecule has 5 atom stereocenters. The molecule has 0 N–H and O–H groups in total. The highest BCUT2D eigenvalue weighted by Gasteiger charge is 2.63. The van der Waals surface area contributed by atoms with Gasteiger partial charge in [-0.25, -0.2) is 0 Å². The van der Waals surface area contributed by atoms with Gasteiger partial charge >= 0.3 is 0 Å². The summed E-state index contributed by atoms with van der Waals surface area (Å²) in [5.41, 5.74) is 0. The van der Waals surface area contributed by atoms with Gasteiger partial charge in [0, 0.05) is 5.25 Å². The molecule has 5 unspecified atom stereocenters. The minimum absolute atomic E-state index is 0.0104. The standard InChI is InChI=1S/C7H10O3S2/c1-3-4-2-5-7(11-4)6(3)10-12(5,8)9/h3-7H,2H2,1H3. The van der Waals surface area contributed by atoms with E-state index in [0.29, 0.717) is 11.2 Å². The molecule has 0 aliphatic carbocycles. The molecule has 68 valence electrons. The Labute approximate surface area is 76.0 Å². The Morgan fingerprint density at radius 2 is 2.25 bits per heavy atom. The van der Waals surface area contributed by atoms with Gasteiger partial charge in [0.2, 0.25) is 0 Å². The van der Waals surface area contributed by atoms with Gasteiger partial charge in [0.1, 0.15) is 5.25 Å². The fraction of sp³-hybridized carbons (Fsp3) is 1.00. The van der Waals surface area contributed by atoms with Crippen molar-refractivity contribution in [1.82, 2.24) is 0 Å². The van der Waals surface area contributed by atoms with Crippen molar-refractivity contribution in [3.63, 3.8) is 0 Å². The lowest BCUT2D eigenvalue weighted by atomic mass is 9.88. The molecule has 0 saturated carbocycles. The molecular formula is C7H10O3S2. The lowest BCUT2D eigenvalue weighted by Gasteiger charge is -2.18. The molecule has 0 aromatic heterocycles. The number of fused-ring (bicyclic) bond motifs is 1. The minimum atomic E-state index is -3.19. The van der Waals surface area contributed by atoms with E-state index in [4.69, 9.17) is 4.18 Å². The molecule has 3 aliphatic heterocycles. The molecule has 2 bridgehead atoms. The lowest BCUT2D eigenvalue weighted by Crippen LogP contribution is -2.32. The van der Waals surface area contributed by atoms with Crippen LogP contribution in [0.25, 0.3) is 0 Å². The molecule has 0 aromatic rings. The van der Waals surface area contributed by atoms with Crippen molar-refractivity contribution < 1.29 is 12.6 Å². The average Bonchev–Trinajstić information content (AvgIpc) is 2.54. The third kappa shape index (κ3) is 0.708. The summed E-state index contributed by atoms with van der Waals surface area (Å²) in [6.45, 7) is 2.10. The quantitative estimate of drug-likeness (QED) is 0.545. The molecule has 0 amide bonds. The zero-order valence-electron chi connectivity index (χ0n) is 6.64. The molecule has 0 radical (unpaired) electrons. The largest absolute Gasteiger partial charge is 0.271 e. The molecule has 3 saturated heterocycles. The van der Waals surface area contributed by atoms with Crippen LogP contribution in [0.2, 0.25) is 0 Å².